The second-order valence-electron chi connectivity index (χ2n) is 7.97. The van der Waals surface area contributed by atoms with Crippen molar-refractivity contribution in [1.82, 2.24) is 4.90 Å². The number of benzene rings is 1. The van der Waals surface area contributed by atoms with Gasteiger partial charge in [-0.05, 0) is 24.0 Å². The van der Waals surface area contributed by atoms with E-state index in [-0.39, 0.29) is 17.7 Å². The summed E-state index contributed by atoms with van der Waals surface area (Å²) < 4.78 is 11.5. The van der Waals surface area contributed by atoms with Crippen molar-refractivity contribution in [3.63, 3.8) is 0 Å². The largest absolute Gasteiger partial charge is 0.347 e. The Labute approximate surface area is 166 Å². The van der Waals surface area contributed by atoms with E-state index in [4.69, 9.17) is 9.47 Å². The van der Waals surface area contributed by atoms with Gasteiger partial charge in [0.1, 0.15) is 0 Å². The zero-order chi connectivity index (χ0) is 19.7. The van der Waals surface area contributed by atoms with Gasteiger partial charge in [-0.15, -0.1) is 0 Å². The minimum absolute atomic E-state index is 0.0601. The summed E-state index contributed by atoms with van der Waals surface area (Å²) in [4.78, 5) is 29.7. The van der Waals surface area contributed by atoms with Crippen LogP contribution in [0.5, 0.6) is 0 Å². The number of piperidine rings is 1. The van der Waals surface area contributed by atoms with Gasteiger partial charge in [0.2, 0.25) is 11.8 Å². The summed E-state index contributed by atoms with van der Waals surface area (Å²) in [5.41, 5.74) is 3.38. The molecule has 152 valence electrons. The number of rotatable bonds is 4. The lowest BCUT2D eigenvalue weighted by molar-refractivity contribution is -0.188. The summed E-state index contributed by atoms with van der Waals surface area (Å²) in [5.74, 6) is -0.591. The van der Waals surface area contributed by atoms with Crippen LogP contribution in [-0.4, -0.2) is 55.3 Å². The molecule has 3 fully saturated rings. The van der Waals surface area contributed by atoms with Crippen LogP contribution in [0.2, 0.25) is 0 Å². The maximum absolute atomic E-state index is 13.1. The van der Waals surface area contributed by atoms with E-state index in [1.807, 2.05) is 9.80 Å². The third kappa shape index (κ3) is 3.44. The van der Waals surface area contributed by atoms with Crippen LogP contribution in [0.1, 0.15) is 44.2 Å². The molecule has 0 radical (unpaired) electrons. The number of para-hydroxylation sites is 1. The third-order valence-corrected chi connectivity index (χ3v) is 6.36. The first-order chi connectivity index (χ1) is 13.6. The Morgan fingerprint density at radius 1 is 1.11 bits per heavy atom. The highest BCUT2D eigenvalue weighted by Gasteiger charge is 2.44. The summed E-state index contributed by atoms with van der Waals surface area (Å²) in [5, 5.41) is 0. The van der Waals surface area contributed by atoms with Gasteiger partial charge < -0.3 is 19.3 Å². The smallest absolute Gasteiger partial charge is 0.228 e. The lowest BCUT2D eigenvalue weighted by Crippen LogP contribution is -2.49. The predicted molar refractivity (Wildman–Crippen MR) is 106 cm³/mol. The highest BCUT2D eigenvalue weighted by molar-refractivity contribution is 6.01. The van der Waals surface area contributed by atoms with Gasteiger partial charge in [-0.1, -0.05) is 32.0 Å². The van der Waals surface area contributed by atoms with Crippen LogP contribution < -0.4 is 4.90 Å². The molecular formula is C22H30N2O4. The number of carbonyl (C=O) groups is 2. The summed E-state index contributed by atoms with van der Waals surface area (Å²) in [6.45, 7) is 7.24. The number of nitrogens with zero attached hydrogens (tertiary/aromatic N) is 2. The molecule has 0 saturated carbocycles. The Kier molecular flexibility index (Phi) is 5.43. The fourth-order valence-corrected chi connectivity index (χ4v) is 4.76. The Bertz CT molecular complexity index is 725. The molecule has 0 aliphatic carbocycles. The maximum Gasteiger partial charge on any atom is 0.228 e. The molecule has 6 nitrogen and oxygen atoms in total. The SMILES string of the molecule is CCc1cccc(CC)c1N1CC(C(=O)N2CCC3(CC2)OCCO3)CC1=O. The average Bonchev–Trinajstić information content (AvgIpc) is 3.34. The number of amides is 2. The fourth-order valence-electron chi connectivity index (χ4n) is 4.76. The van der Waals surface area contributed by atoms with E-state index in [0.717, 1.165) is 18.5 Å². The number of anilines is 1. The normalized spacial score (nSPS) is 24.4. The average molecular weight is 386 g/mol. The zero-order valence-electron chi connectivity index (χ0n) is 16.9. The molecule has 0 aromatic heterocycles. The van der Waals surface area contributed by atoms with Crippen LogP contribution in [0.4, 0.5) is 5.69 Å². The van der Waals surface area contributed by atoms with E-state index in [1.54, 1.807) is 0 Å². The number of carbonyl (C=O) groups excluding carboxylic acids is 2. The minimum Gasteiger partial charge on any atom is -0.347 e. The lowest BCUT2D eigenvalue weighted by atomic mass is 10.00. The number of ether oxygens (including phenoxy) is 2. The van der Waals surface area contributed by atoms with E-state index in [2.05, 4.69) is 32.0 Å². The van der Waals surface area contributed by atoms with Gasteiger partial charge in [0, 0.05) is 44.6 Å². The molecule has 1 atom stereocenters. The van der Waals surface area contributed by atoms with Crippen molar-refractivity contribution in [3.05, 3.63) is 29.3 Å². The molecule has 3 aliphatic heterocycles. The van der Waals surface area contributed by atoms with Crippen molar-refractivity contribution in [1.29, 1.82) is 0 Å². The van der Waals surface area contributed by atoms with Crippen molar-refractivity contribution in [2.75, 3.05) is 37.7 Å². The van der Waals surface area contributed by atoms with Crippen LogP contribution in [-0.2, 0) is 31.9 Å². The van der Waals surface area contributed by atoms with Gasteiger partial charge in [0.05, 0.1) is 19.1 Å². The van der Waals surface area contributed by atoms with Gasteiger partial charge in [-0.2, -0.15) is 0 Å². The first-order valence-electron chi connectivity index (χ1n) is 10.5. The molecule has 0 bridgehead atoms. The predicted octanol–water partition coefficient (Wildman–Crippen LogP) is 2.53. The topological polar surface area (TPSA) is 59.1 Å². The van der Waals surface area contributed by atoms with Crippen molar-refractivity contribution < 1.29 is 19.1 Å². The second kappa shape index (κ2) is 7.84. The van der Waals surface area contributed by atoms with E-state index >= 15 is 0 Å². The first-order valence-corrected chi connectivity index (χ1v) is 10.5. The number of hydrogen-bond acceptors (Lipinski definition) is 4. The summed E-state index contributed by atoms with van der Waals surface area (Å²) >= 11 is 0. The van der Waals surface area contributed by atoms with Gasteiger partial charge in [-0.25, -0.2) is 0 Å². The van der Waals surface area contributed by atoms with Crippen LogP contribution >= 0.6 is 0 Å². The van der Waals surface area contributed by atoms with Gasteiger partial charge in [0.25, 0.3) is 0 Å². The molecule has 3 aliphatic rings. The fraction of sp³-hybridized carbons (Fsp3) is 0.636. The van der Waals surface area contributed by atoms with Gasteiger partial charge in [-0.3, -0.25) is 9.59 Å². The number of likely N-dealkylation sites (tertiary alicyclic amines) is 1. The molecule has 3 saturated heterocycles. The monoisotopic (exact) mass is 386 g/mol. The van der Waals surface area contributed by atoms with Crippen LogP contribution in [0.3, 0.4) is 0 Å². The molecule has 28 heavy (non-hydrogen) atoms. The molecule has 1 aromatic carbocycles. The van der Waals surface area contributed by atoms with Crippen LogP contribution in [0, 0.1) is 5.92 Å². The van der Waals surface area contributed by atoms with Crippen molar-refractivity contribution in [2.24, 2.45) is 5.92 Å². The molecular weight excluding hydrogens is 356 g/mol. The molecule has 4 rings (SSSR count). The molecule has 6 heteroatoms. The van der Waals surface area contributed by atoms with Gasteiger partial charge in [0.15, 0.2) is 5.79 Å². The highest BCUT2D eigenvalue weighted by Crippen LogP contribution is 2.35. The van der Waals surface area contributed by atoms with Crippen LogP contribution in [0.15, 0.2) is 18.2 Å². The Hall–Kier alpha value is -1.92. The third-order valence-electron chi connectivity index (χ3n) is 6.36. The molecule has 1 aromatic rings. The molecule has 0 N–H and O–H groups in total. The van der Waals surface area contributed by atoms with Crippen molar-refractivity contribution in [2.45, 2.75) is 51.7 Å². The Balaban J connectivity index is 1.46. The maximum atomic E-state index is 13.1. The molecule has 2 amide bonds. The minimum atomic E-state index is -0.482. The first kappa shape index (κ1) is 19.4. The van der Waals surface area contributed by atoms with Crippen molar-refractivity contribution >= 4 is 17.5 Å². The van der Waals surface area contributed by atoms with Gasteiger partial charge >= 0.3 is 0 Å². The molecule has 1 spiro atoms. The zero-order valence-corrected chi connectivity index (χ0v) is 16.9. The number of hydrogen-bond donors (Lipinski definition) is 0. The molecule has 3 heterocycles. The van der Waals surface area contributed by atoms with E-state index in [0.29, 0.717) is 52.1 Å². The van der Waals surface area contributed by atoms with E-state index in [9.17, 15) is 9.59 Å². The van der Waals surface area contributed by atoms with Crippen LogP contribution in [0.25, 0.3) is 0 Å². The lowest BCUT2D eigenvalue weighted by Gasteiger charge is -2.38. The summed E-state index contributed by atoms with van der Waals surface area (Å²) in [7, 11) is 0. The summed E-state index contributed by atoms with van der Waals surface area (Å²) in [6, 6.07) is 6.23. The summed E-state index contributed by atoms with van der Waals surface area (Å²) in [6.07, 6.45) is 3.47. The number of aryl methyl sites for hydroxylation is 2. The molecule has 1 unspecified atom stereocenters. The van der Waals surface area contributed by atoms with Crippen molar-refractivity contribution in [3.8, 4) is 0 Å². The standard InChI is InChI=1S/C22H30N2O4/c1-3-16-6-5-7-17(4-2)20(16)24-15-18(14-19(24)25)21(26)23-10-8-22(9-11-23)27-12-13-28-22/h5-7,18H,3-4,8-15H2,1-2H3. The van der Waals surface area contributed by atoms with E-state index in [1.165, 1.54) is 11.1 Å². The quantitative estimate of drug-likeness (QED) is 0.798. The Morgan fingerprint density at radius 3 is 2.29 bits per heavy atom. The highest BCUT2D eigenvalue weighted by atomic mass is 16.7. The van der Waals surface area contributed by atoms with E-state index < -0.39 is 5.79 Å². The second-order valence-corrected chi connectivity index (χ2v) is 7.97. The Morgan fingerprint density at radius 2 is 1.71 bits per heavy atom.